The van der Waals surface area contributed by atoms with Crippen LogP contribution < -0.4 is 10.2 Å². The van der Waals surface area contributed by atoms with E-state index in [9.17, 15) is 0 Å². The van der Waals surface area contributed by atoms with Crippen LogP contribution in [0.4, 0.5) is 11.9 Å². The van der Waals surface area contributed by atoms with Gasteiger partial charge < -0.3 is 15.0 Å². The monoisotopic (exact) mass is 311 g/mol. The van der Waals surface area contributed by atoms with Gasteiger partial charge in [0.2, 0.25) is 17.1 Å². The quantitative estimate of drug-likeness (QED) is 0.878. The van der Waals surface area contributed by atoms with Crippen molar-refractivity contribution in [2.24, 2.45) is 0 Å². The summed E-state index contributed by atoms with van der Waals surface area (Å²) >= 11 is 2.85. The molecule has 3 rings (SSSR count). The molecule has 8 nitrogen and oxygen atoms in total. The lowest BCUT2D eigenvalue weighted by molar-refractivity contribution is 0.122. The summed E-state index contributed by atoms with van der Waals surface area (Å²) in [6.07, 6.45) is 0. The normalized spacial score (nSPS) is 15.3. The van der Waals surface area contributed by atoms with Gasteiger partial charge in [-0.25, -0.2) is 0 Å². The van der Waals surface area contributed by atoms with Gasteiger partial charge in [0.05, 0.1) is 13.2 Å². The molecule has 1 aliphatic heterocycles. The molecule has 0 amide bonds. The Morgan fingerprint density at radius 1 is 1.30 bits per heavy atom. The van der Waals surface area contributed by atoms with Crippen LogP contribution in [0.15, 0.2) is 15.0 Å². The molecule has 20 heavy (non-hydrogen) atoms. The van der Waals surface area contributed by atoms with Gasteiger partial charge in [-0.2, -0.15) is 15.0 Å². The fourth-order valence-electron chi connectivity index (χ4n) is 1.69. The van der Waals surface area contributed by atoms with Crippen molar-refractivity contribution in [2.75, 3.05) is 43.6 Å². The standard InChI is InChI=1S/C10H13N7OS2/c1-11-7-13-8(17-2-4-18-5-3-17)15-9(14-7)20-10-16-12-6-19-10/h6H,2-5H2,1H3,(H,11,13,14,15). The van der Waals surface area contributed by atoms with Gasteiger partial charge in [0.1, 0.15) is 5.51 Å². The molecule has 0 aliphatic carbocycles. The molecular weight excluding hydrogens is 298 g/mol. The van der Waals surface area contributed by atoms with E-state index in [2.05, 4.69) is 35.4 Å². The van der Waals surface area contributed by atoms with Crippen LogP contribution in [0.2, 0.25) is 0 Å². The number of aromatic nitrogens is 5. The zero-order valence-electron chi connectivity index (χ0n) is 10.8. The number of ether oxygens (including phenoxy) is 1. The highest BCUT2D eigenvalue weighted by atomic mass is 32.2. The van der Waals surface area contributed by atoms with Gasteiger partial charge in [0, 0.05) is 20.1 Å². The molecule has 3 heterocycles. The van der Waals surface area contributed by atoms with E-state index in [1.165, 1.54) is 23.1 Å². The number of anilines is 2. The minimum Gasteiger partial charge on any atom is -0.378 e. The van der Waals surface area contributed by atoms with Gasteiger partial charge in [-0.15, -0.1) is 10.2 Å². The van der Waals surface area contributed by atoms with E-state index in [4.69, 9.17) is 4.74 Å². The van der Waals surface area contributed by atoms with E-state index in [-0.39, 0.29) is 0 Å². The Morgan fingerprint density at radius 3 is 2.85 bits per heavy atom. The lowest BCUT2D eigenvalue weighted by atomic mass is 10.4. The molecule has 0 unspecified atom stereocenters. The average Bonchev–Trinajstić information content (AvgIpc) is 3.00. The first-order chi connectivity index (χ1) is 9.85. The molecule has 1 fully saturated rings. The first kappa shape index (κ1) is 13.5. The summed E-state index contributed by atoms with van der Waals surface area (Å²) in [5.41, 5.74) is 1.69. The van der Waals surface area contributed by atoms with Crippen molar-refractivity contribution >= 4 is 35.0 Å². The summed E-state index contributed by atoms with van der Waals surface area (Å²) in [6.45, 7) is 2.96. The van der Waals surface area contributed by atoms with E-state index < -0.39 is 0 Å². The maximum absolute atomic E-state index is 5.34. The second kappa shape index (κ2) is 6.29. The van der Waals surface area contributed by atoms with Gasteiger partial charge in [0.25, 0.3) is 0 Å². The van der Waals surface area contributed by atoms with E-state index in [0.29, 0.717) is 30.3 Å². The zero-order valence-corrected chi connectivity index (χ0v) is 12.4. The summed E-state index contributed by atoms with van der Waals surface area (Å²) < 4.78 is 6.15. The summed E-state index contributed by atoms with van der Waals surface area (Å²) in [5, 5.41) is 11.4. The van der Waals surface area contributed by atoms with E-state index >= 15 is 0 Å². The molecule has 2 aromatic heterocycles. The van der Waals surface area contributed by atoms with Crippen molar-refractivity contribution in [3.63, 3.8) is 0 Å². The molecule has 0 spiro atoms. The second-order valence-electron chi connectivity index (χ2n) is 3.90. The molecule has 0 saturated carbocycles. The predicted octanol–water partition coefficient (Wildman–Crippen LogP) is 0.753. The predicted molar refractivity (Wildman–Crippen MR) is 76.4 cm³/mol. The SMILES string of the molecule is CNc1nc(Sc2nncs2)nc(N2CCOCC2)n1. The van der Waals surface area contributed by atoms with Crippen LogP contribution in [-0.2, 0) is 4.74 Å². The fourth-order valence-corrected chi connectivity index (χ4v) is 3.02. The molecular formula is C10H13N7OS2. The Morgan fingerprint density at radius 2 is 2.15 bits per heavy atom. The molecule has 0 radical (unpaired) electrons. The van der Waals surface area contributed by atoms with E-state index in [0.717, 1.165) is 17.4 Å². The highest BCUT2D eigenvalue weighted by Crippen LogP contribution is 2.27. The van der Waals surface area contributed by atoms with Crippen LogP contribution in [0.3, 0.4) is 0 Å². The van der Waals surface area contributed by atoms with E-state index in [1.807, 2.05) is 0 Å². The van der Waals surface area contributed by atoms with Gasteiger partial charge in [-0.05, 0) is 11.8 Å². The van der Waals surface area contributed by atoms with Crippen molar-refractivity contribution in [1.29, 1.82) is 0 Å². The Labute approximate surface area is 124 Å². The van der Waals surface area contributed by atoms with Crippen LogP contribution in [-0.4, -0.2) is 58.5 Å². The third-order valence-electron chi connectivity index (χ3n) is 2.64. The lowest BCUT2D eigenvalue weighted by Gasteiger charge is -2.26. The summed E-state index contributed by atoms with van der Waals surface area (Å²) in [7, 11) is 1.79. The Kier molecular flexibility index (Phi) is 4.23. The van der Waals surface area contributed by atoms with Crippen molar-refractivity contribution in [3.05, 3.63) is 5.51 Å². The number of nitrogens with zero attached hydrogens (tertiary/aromatic N) is 6. The largest absolute Gasteiger partial charge is 0.378 e. The highest BCUT2D eigenvalue weighted by molar-refractivity contribution is 8.00. The molecule has 0 bridgehead atoms. The Bertz CT molecular complexity index is 559. The summed E-state index contributed by atoms with van der Waals surface area (Å²) in [4.78, 5) is 15.3. The molecule has 106 valence electrons. The average molecular weight is 311 g/mol. The molecule has 2 aromatic rings. The Hall–Kier alpha value is -1.52. The van der Waals surface area contributed by atoms with Gasteiger partial charge in [-0.1, -0.05) is 11.3 Å². The fraction of sp³-hybridized carbons (Fsp3) is 0.500. The minimum atomic E-state index is 0.550. The number of nitrogens with one attached hydrogen (secondary N) is 1. The Balaban J connectivity index is 1.85. The van der Waals surface area contributed by atoms with Gasteiger partial charge in [-0.3, -0.25) is 0 Å². The zero-order chi connectivity index (χ0) is 13.8. The van der Waals surface area contributed by atoms with Gasteiger partial charge in [0.15, 0.2) is 4.34 Å². The number of morpholine rings is 1. The van der Waals surface area contributed by atoms with Crippen molar-refractivity contribution in [1.82, 2.24) is 25.1 Å². The van der Waals surface area contributed by atoms with Crippen molar-refractivity contribution in [2.45, 2.75) is 9.50 Å². The summed E-state index contributed by atoms with van der Waals surface area (Å²) in [6, 6.07) is 0. The number of hydrogen-bond acceptors (Lipinski definition) is 10. The van der Waals surface area contributed by atoms with Crippen molar-refractivity contribution < 1.29 is 4.74 Å². The molecule has 0 atom stereocenters. The van der Waals surface area contributed by atoms with Crippen molar-refractivity contribution in [3.8, 4) is 0 Å². The maximum atomic E-state index is 5.34. The number of rotatable bonds is 4. The molecule has 1 saturated heterocycles. The molecule has 1 N–H and O–H groups in total. The minimum absolute atomic E-state index is 0.550. The van der Waals surface area contributed by atoms with Gasteiger partial charge >= 0.3 is 0 Å². The lowest BCUT2D eigenvalue weighted by Crippen LogP contribution is -2.37. The molecule has 10 heteroatoms. The maximum Gasteiger partial charge on any atom is 0.231 e. The van der Waals surface area contributed by atoms with Crippen LogP contribution >= 0.6 is 23.1 Å². The highest BCUT2D eigenvalue weighted by Gasteiger charge is 2.17. The van der Waals surface area contributed by atoms with Crippen LogP contribution in [0.5, 0.6) is 0 Å². The topological polar surface area (TPSA) is 89.0 Å². The first-order valence-electron chi connectivity index (χ1n) is 6.05. The third kappa shape index (κ3) is 3.14. The molecule has 0 aromatic carbocycles. The van der Waals surface area contributed by atoms with Crippen LogP contribution in [0, 0.1) is 0 Å². The molecule has 1 aliphatic rings. The van der Waals surface area contributed by atoms with E-state index in [1.54, 1.807) is 12.6 Å². The van der Waals surface area contributed by atoms with Crippen LogP contribution in [0.25, 0.3) is 0 Å². The second-order valence-corrected chi connectivity index (χ2v) is 5.95. The number of hydrogen-bond donors (Lipinski definition) is 1. The smallest absolute Gasteiger partial charge is 0.231 e. The summed E-state index contributed by atoms with van der Waals surface area (Å²) in [5.74, 6) is 1.22. The van der Waals surface area contributed by atoms with Crippen LogP contribution in [0.1, 0.15) is 0 Å². The third-order valence-corrected chi connectivity index (χ3v) is 4.28. The first-order valence-corrected chi connectivity index (χ1v) is 7.75.